The summed E-state index contributed by atoms with van der Waals surface area (Å²) in [5, 5.41) is 7.45. The Balaban J connectivity index is 2.02. The molecule has 1 aromatic heterocycles. The molecule has 0 amide bonds. The highest BCUT2D eigenvalue weighted by atomic mass is 79.9. The molecule has 0 aliphatic heterocycles. The molecule has 0 aliphatic rings. The van der Waals surface area contributed by atoms with E-state index in [-0.39, 0.29) is 6.04 Å². The van der Waals surface area contributed by atoms with Crippen LogP contribution >= 0.6 is 15.9 Å². The number of aryl methyl sites for hydroxylation is 2. The first-order valence-corrected chi connectivity index (χ1v) is 6.78. The Morgan fingerprint density at radius 1 is 1.39 bits per heavy atom. The normalized spacial score (nSPS) is 12.7. The van der Waals surface area contributed by atoms with Gasteiger partial charge in [0.25, 0.3) is 0 Å². The first-order chi connectivity index (χ1) is 8.58. The molecule has 1 aromatic carbocycles. The fourth-order valence-corrected chi connectivity index (χ4v) is 2.32. The van der Waals surface area contributed by atoms with E-state index < -0.39 is 0 Å². The predicted molar refractivity (Wildman–Crippen MR) is 75.4 cm³/mol. The van der Waals surface area contributed by atoms with Crippen LogP contribution in [0, 0.1) is 13.8 Å². The highest BCUT2D eigenvalue weighted by Crippen LogP contribution is 2.19. The lowest BCUT2D eigenvalue weighted by Gasteiger charge is -2.14. The van der Waals surface area contributed by atoms with E-state index in [1.165, 1.54) is 5.56 Å². The molecule has 0 spiro atoms. The van der Waals surface area contributed by atoms with Gasteiger partial charge in [-0.3, -0.25) is 0 Å². The smallest absolute Gasteiger partial charge is 0.138 e. The van der Waals surface area contributed by atoms with E-state index >= 15 is 0 Å². The summed E-state index contributed by atoms with van der Waals surface area (Å²) in [5.41, 5.74) is 3.37. The van der Waals surface area contributed by atoms with Crippen LogP contribution in [0.3, 0.4) is 0 Å². The van der Waals surface area contributed by atoms with Crippen molar-refractivity contribution in [1.82, 2.24) is 10.5 Å². The molecule has 0 saturated heterocycles. The third-order valence-electron chi connectivity index (χ3n) is 3.11. The first-order valence-electron chi connectivity index (χ1n) is 5.98. The van der Waals surface area contributed by atoms with Gasteiger partial charge >= 0.3 is 0 Å². The molecule has 0 aliphatic carbocycles. The minimum absolute atomic E-state index is 0.288. The van der Waals surface area contributed by atoms with Crippen LogP contribution in [-0.4, -0.2) is 5.16 Å². The summed E-state index contributed by atoms with van der Waals surface area (Å²) >= 11 is 3.49. The van der Waals surface area contributed by atoms with Gasteiger partial charge in [-0.25, -0.2) is 0 Å². The van der Waals surface area contributed by atoms with Crippen LogP contribution in [0.25, 0.3) is 0 Å². The van der Waals surface area contributed by atoms with Crippen molar-refractivity contribution in [3.05, 3.63) is 51.3 Å². The maximum absolute atomic E-state index is 5.15. The number of hydrogen-bond acceptors (Lipinski definition) is 3. The fraction of sp³-hybridized carbons (Fsp3) is 0.357. The Kier molecular flexibility index (Phi) is 4.19. The minimum Gasteiger partial charge on any atom is -0.361 e. The Hall–Kier alpha value is -1.13. The van der Waals surface area contributed by atoms with E-state index in [4.69, 9.17) is 4.52 Å². The van der Waals surface area contributed by atoms with Crippen LogP contribution in [0.2, 0.25) is 0 Å². The molecular weight excluding hydrogens is 292 g/mol. The molecule has 0 fully saturated rings. The maximum Gasteiger partial charge on any atom is 0.138 e. The average Bonchev–Trinajstić information content (AvgIpc) is 2.66. The van der Waals surface area contributed by atoms with Gasteiger partial charge in [0.1, 0.15) is 5.76 Å². The van der Waals surface area contributed by atoms with Crippen molar-refractivity contribution in [2.24, 2.45) is 0 Å². The van der Waals surface area contributed by atoms with Crippen LogP contribution < -0.4 is 5.32 Å². The Labute approximate surface area is 116 Å². The molecule has 1 heterocycles. The van der Waals surface area contributed by atoms with Crippen molar-refractivity contribution < 1.29 is 4.52 Å². The molecule has 1 N–H and O–H groups in total. The van der Waals surface area contributed by atoms with Gasteiger partial charge in [0.05, 0.1) is 5.69 Å². The second-order valence-corrected chi connectivity index (χ2v) is 5.38. The molecule has 2 aromatic rings. The van der Waals surface area contributed by atoms with Crippen molar-refractivity contribution in [3.63, 3.8) is 0 Å². The number of aromatic nitrogens is 1. The third kappa shape index (κ3) is 3.00. The molecule has 0 radical (unpaired) electrons. The highest BCUT2D eigenvalue weighted by Gasteiger charge is 2.11. The molecule has 0 bridgehead atoms. The molecule has 0 unspecified atom stereocenters. The summed E-state index contributed by atoms with van der Waals surface area (Å²) in [6.07, 6.45) is 0. The number of rotatable bonds is 4. The third-order valence-corrected chi connectivity index (χ3v) is 3.61. The van der Waals surface area contributed by atoms with Crippen molar-refractivity contribution in [1.29, 1.82) is 0 Å². The lowest BCUT2D eigenvalue weighted by atomic mass is 10.1. The first kappa shape index (κ1) is 13.3. The van der Waals surface area contributed by atoms with Crippen LogP contribution in [0.5, 0.6) is 0 Å². The van der Waals surface area contributed by atoms with E-state index in [1.54, 1.807) is 0 Å². The molecule has 96 valence electrons. The van der Waals surface area contributed by atoms with Gasteiger partial charge in [0.2, 0.25) is 0 Å². The largest absolute Gasteiger partial charge is 0.361 e. The topological polar surface area (TPSA) is 38.1 Å². The van der Waals surface area contributed by atoms with E-state index in [0.29, 0.717) is 0 Å². The van der Waals surface area contributed by atoms with Crippen LogP contribution in [0.4, 0.5) is 0 Å². The zero-order chi connectivity index (χ0) is 13.1. The van der Waals surface area contributed by atoms with Gasteiger partial charge in [-0.05, 0) is 38.5 Å². The summed E-state index contributed by atoms with van der Waals surface area (Å²) in [6.45, 7) is 6.84. The summed E-state index contributed by atoms with van der Waals surface area (Å²) < 4.78 is 6.26. The quantitative estimate of drug-likeness (QED) is 0.930. The Bertz CT molecular complexity index is 517. The van der Waals surface area contributed by atoms with Crippen molar-refractivity contribution in [3.8, 4) is 0 Å². The van der Waals surface area contributed by atoms with E-state index in [2.05, 4.69) is 45.5 Å². The van der Waals surface area contributed by atoms with Gasteiger partial charge in [-0.15, -0.1) is 0 Å². The fourth-order valence-electron chi connectivity index (χ4n) is 1.90. The molecule has 18 heavy (non-hydrogen) atoms. The standard InChI is InChI=1S/C14H17BrN2O/c1-9(12-5-4-6-13(15)7-12)16-8-14-10(2)17-18-11(14)3/h4-7,9,16H,8H2,1-3H3/t9-/m0/s1. The van der Waals surface area contributed by atoms with Crippen molar-refractivity contribution in [2.45, 2.75) is 33.4 Å². The Morgan fingerprint density at radius 2 is 2.17 bits per heavy atom. The van der Waals surface area contributed by atoms with Crippen molar-refractivity contribution in [2.75, 3.05) is 0 Å². The van der Waals surface area contributed by atoms with Gasteiger partial charge in [0.15, 0.2) is 0 Å². The molecule has 1 atom stereocenters. The van der Waals surface area contributed by atoms with Gasteiger partial charge < -0.3 is 9.84 Å². The summed E-state index contributed by atoms with van der Waals surface area (Å²) in [7, 11) is 0. The van der Waals surface area contributed by atoms with E-state index in [1.807, 2.05) is 26.0 Å². The molecule has 3 nitrogen and oxygen atoms in total. The highest BCUT2D eigenvalue weighted by molar-refractivity contribution is 9.10. The summed E-state index contributed by atoms with van der Waals surface area (Å²) in [6, 6.07) is 8.62. The molecule has 2 rings (SSSR count). The van der Waals surface area contributed by atoms with Crippen molar-refractivity contribution >= 4 is 15.9 Å². The van der Waals surface area contributed by atoms with Gasteiger partial charge in [-0.2, -0.15) is 0 Å². The van der Waals surface area contributed by atoms with Crippen LogP contribution in [0.1, 0.15) is 35.5 Å². The van der Waals surface area contributed by atoms with Crippen LogP contribution in [0.15, 0.2) is 33.3 Å². The number of nitrogens with one attached hydrogen (secondary N) is 1. The average molecular weight is 309 g/mol. The SMILES string of the molecule is Cc1noc(C)c1CN[C@@H](C)c1cccc(Br)c1. The van der Waals surface area contributed by atoms with E-state index in [0.717, 1.165) is 28.0 Å². The molecular formula is C14H17BrN2O. The lowest BCUT2D eigenvalue weighted by Crippen LogP contribution is -2.18. The summed E-state index contributed by atoms with van der Waals surface area (Å²) in [5.74, 6) is 0.890. The number of nitrogens with zero attached hydrogens (tertiary/aromatic N) is 1. The van der Waals surface area contributed by atoms with E-state index in [9.17, 15) is 0 Å². The van der Waals surface area contributed by atoms with Gasteiger partial charge in [0, 0.05) is 22.6 Å². The molecule has 0 saturated carbocycles. The minimum atomic E-state index is 0.288. The zero-order valence-corrected chi connectivity index (χ0v) is 12.4. The monoisotopic (exact) mass is 308 g/mol. The Morgan fingerprint density at radius 3 is 2.78 bits per heavy atom. The van der Waals surface area contributed by atoms with Gasteiger partial charge in [-0.1, -0.05) is 33.2 Å². The second kappa shape index (κ2) is 5.67. The maximum atomic E-state index is 5.15. The second-order valence-electron chi connectivity index (χ2n) is 4.46. The van der Waals surface area contributed by atoms with Crippen LogP contribution in [-0.2, 0) is 6.54 Å². The number of halogens is 1. The molecule has 4 heteroatoms. The number of hydrogen-bond donors (Lipinski definition) is 1. The number of benzene rings is 1. The lowest BCUT2D eigenvalue weighted by molar-refractivity contribution is 0.391. The zero-order valence-electron chi connectivity index (χ0n) is 10.8. The summed E-state index contributed by atoms with van der Waals surface area (Å²) in [4.78, 5) is 0. The predicted octanol–water partition coefficient (Wildman–Crippen LogP) is 3.90.